The van der Waals surface area contributed by atoms with E-state index in [-0.39, 0.29) is 0 Å². The molecule has 0 aliphatic carbocycles. The van der Waals surface area contributed by atoms with Crippen molar-refractivity contribution in [2.24, 2.45) is 0 Å². The van der Waals surface area contributed by atoms with Gasteiger partial charge in [0.2, 0.25) is 0 Å². The molecular formula is C6H10N2S. The van der Waals surface area contributed by atoms with E-state index in [1.165, 1.54) is 0 Å². The van der Waals surface area contributed by atoms with Crippen LogP contribution in [0.25, 0.3) is 0 Å². The molecule has 1 aromatic rings. The maximum absolute atomic E-state index is 4.06. The number of thiol groups is 1. The molecule has 0 atom stereocenters. The second-order valence-corrected chi connectivity index (χ2v) is 2.18. The number of nitrogens with one attached hydrogen (secondary N) is 2. The van der Waals surface area contributed by atoms with E-state index in [1.54, 1.807) is 0 Å². The Morgan fingerprint density at radius 3 is 3.11 bits per heavy atom. The van der Waals surface area contributed by atoms with E-state index in [1.807, 2.05) is 18.3 Å². The van der Waals surface area contributed by atoms with Gasteiger partial charge in [0, 0.05) is 18.5 Å². The molecule has 1 heterocycles. The Kier molecular flexibility index (Phi) is 2.51. The van der Waals surface area contributed by atoms with Crippen LogP contribution < -0.4 is 5.32 Å². The zero-order valence-corrected chi connectivity index (χ0v) is 5.99. The molecule has 50 valence electrons. The number of anilines is 1. The molecular weight excluding hydrogens is 132 g/mol. The summed E-state index contributed by atoms with van der Waals surface area (Å²) in [5, 5.41) is 3.14. The highest BCUT2D eigenvalue weighted by Crippen LogP contribution is 1.99. The summed E-state index contributed by atoms with van der Waals surface area (Å²) in [6.07, 6.45) is 1.89. The molecule has 1 aromatic heterocycles. The minimum Gasteiger partial charge on any atom is -0.371 e. The van der Waals surface area contributed by atoms with Gasteiger partial charge < -0.3 is 10.3 Å². The van der Waals surface area contributed by atoms with Crippen molar-refractivity contribution in [2.45, 2.75) is 0 Å². The molecule has 9 heavy (non-hydrogen) atoms. The van der Waals surface area contributed by atoms with Gasteiger partial charge in [0.15, 0.2) is 0 Å². The zero-order valence-electron chi connectivity index (χ0n) is 5.09. The average molecular weight is 142 g/mol. The van der Waals surface area contributed by atoms with Crippen LogP contribution in [0.3, 0.4) is 0 Å². The Morgan fingerprint density at radius 2 is 2.56 bits per heavy atom. The fourth-order valence-corrected chi connectivity index (χ4v) is 0.743. The van der Waals surface area contributed by atoms with Crippen molar-refractivity contribution in [3.63, 3.8) is 0 Å². The monoisotopic (exact) mass is 142 g/mol. The first-order valence-electron chi connectivity index (χ1n) is 2.91. The second kappa shape index (κ2) is 3.45. The normalized spacial score (nSPS) is 9.44. The van der Waals surface area contributed by atoms with Crippen molar-refractivity contribution in [3.8, 4) is 0 Å². The summed E-state index contributed by atoms with van der Waals surface area (Å²) in [4.78, 5) is 3.03. The number of H-pyrrole nitrogens is 1. The van der Waals surface area contributed by atoms with Crippen LogP contribution in [-0.4, -0.2) is 17.3 Å². The number of aromatic nitrogens is 1. The Morgan fingerprint density at radius 1 is 1.67 bits per heavy atom. The van der Waals surface area contributed by atoms with E-state index in [2.05, 4.69) is 22.9 Å². The largest absolute Gasteiger partial charge is 0.371 e. The summed E-state index contributed by atoms with van der Waals surface area (Å²) >= 11 is 4.06. The molecule has 0 radical (unpaired) electrons. The van der Waals surface area contributed by atoms with Gasteiger partial charge in [-0.2, -0.15) is 12.6 Å². The standard InChI is InChI=1S/C6H10N2S/c9-5-4-8-6-2-1-3-7-6/h1-3,7-9H,4-5H2. The Hall–Kier alpha value is -0.570. The van der Waals surface area contributed by atoms with Gasteiger partial charge in [-0.15, -0.1) is 0 Å². The average Bonchev–Trinajstić information content (AvgIpc) is 2.34. The molecule has 2 nitrogen and oxygen atoms in total. The van der Waals surface area contributed by atoms with E-state index in [0.29, 0.717) is 0 Å². The highest BCUT2D eigenvalue weighted by atomic mass is 32.1. The van der Waals surface area contributed by atoms with Gasteiger partial charge in [-0.3, -0.25) is 0 Å². The van der Waals surface area contributed by atoms with Gasteiger partial charge in [0.25, 0.3) is 0 Å². The van der Waals surface area contributed by atoms with Crippen LogP contribution in [0, 0.1) is 0 Å². The van der Waals surface area contributed by atoms with Crippen molar-refractivity contribution in [1.29, 1.82) is 0 Å². The molecule has 2 N–H and O–H groups in total. The van der Waals surface area contributed by atoms with E-state index >= 15 is 0 Å². The molecule has 0 fully saturated rings. The van der Waals surface area contributed by atoms with Crippen LogP contribution in [0.2, 0.25) is 0 Å². The summed E-state index contributed by atoms with van der Waals surface area (Å²) in [7, 11) is 0. The maximum Gasteiger partial charge on any atom is 0.103 e. The van der Waals surface area contributed by atoms with Crippen LogP contribution in [0.1, 0.15) is 0 Å². The predicted octanol–water partition coefficient (Wildman–Crippen LogP) is 1.36. The number of hydrogen-bond acceptors (Lipinski definition) is 2. The van der Waals surface area contributed by atoms with Crippen molar-refractivity contribution in [2.75, 3.05) is 17.6 Å². The summed E-state index contributed by atoms with van der Waals surface area (Å²) in [5.41, 5.74) is 0. The van der Waals surface area contributed by atoms with Gasteiger partial charge in [-0.1, -0.05) is 0 Å². The summed E-state index contributed by atoms with van der Waals surface area (Å²) in [6, 6.07) is 3.95. The van der Waals surface area contributed by atoms with E-state index in [0.717, 1.165) is 18.1 Å². The highest BCUT2D eigenvalue weighted by molar-refractivity contribution is 7.80. The number of rotatable bonds is 3. The summed E-state index contributed by atoms with van der Waals surface area (Å²) in [5.74, 6) is 1.92. The third-order valence-electron chi connectivity index (χ3n) is 1.03. The maximum atomic E-state index is 4.06. The smallest absolute Gasteiger partial charge is 0.103 e. The van der Waals surface area contributed by atoms with Gasteiger partial charge >= 0.3 is 0 Å². The molecule has 0 saturated carbocycles. The molecule has 0 aromatic carbocycles. The van der Waals surface area contributed by atoms with E-state index in [4.69, 9.17) is 0 Å². The van der Waals surface area contributed by atoms with Gasteiger partial charge in [-0.05, 0) is 12.1 Å². The van der Waals surface area contributed by atoms with Crippen molar-refractivity contribution < 1.29 is 0 Å². The minimum atomic E-state index is 0.860. The van der Waals surface area contributed by atoms with Crippen molar-refractivity contribution in [1.82, 2.24) is 4.98 Å². The quantitative estimate of drug-likeness (QED) is 0.546. The van der Waals surface area contributed by atoms with Crippen LogP contribution in [0.5, 0.6) is 0 Å². The van der Waals surface area contributed by atoms with E-state index < -0.39 is 0 Å². The summed E-state index contributed by atoms with van der Waals surface area (Å²) in [6.45, 7) is 0.906. The lowest BCUT2D eigenvalue weighted by Crippen LogP contribution is -2.01. The topological polar surface area (TPSA) is 27.8 Å². The zero-order chi connectivity index (χ0) is 6.53. The molecule has 1 rings (SSSR count). The van der Waals surface area contributed by atoms with Crippen LogP contribution >= 0.6 is 12.6 Å². The highest BCUT2D eigenvalue weighted by Gasteiger charge is 1.85. The van der Waals surface area contributed by atoms with Crippen LogP contribution in [-0.2, 0) is 0 Å². The minimum absolute atomic E-state index is 0.860. The first-order valence-corrected chi connectivity index (χ1v) is 3.55. The first-order chi connectivity index (χ1) is 4.43. The molecule has 0 bridgehead atoms. The molecule has 0 aliphatic heterocycles. The van der Waals surface area contributed by atoms with Gasteiger partial charge in [0.05, 0.1) is 0 Å². The van der Waals surface area contributed by atoms with Crippen molar-refractivity contribution in [3.05, 3.63) is 18.3 Å². The second-order valence-electron chi connectivity index (χ2n) is 1.73. The first kappa shape index (κ1) is 6.55. The molecule has 0 saturated heterocycles. The van der Waals surface area contributed by atoms with Crippen molar-refractivity contribution >= 4 is 18.4 Å². The van der Waals surface area contributed by atoms with Gasteiger partial charge in [-0.25, -0.2) is 0 Å². The van der Waals surface area contributed by atoms with E-state index in [9.17, 15) is 0 Å². The third kappa shape index (κ3) is 2.01. The number of aromatic amines is 1. The molecule has 0 amide bonds. The fourth-order valence-electron chi connectivity index (χ4n) is 0.631. The predicted molar refractivity (Wildman–Crippen MR) is 43.1 cm³/mol. The van der Waals surface area contributed by atoms with Crippen LogP contribution in [0.15, 0.2) is 18.3 Å². The molecule has 0 aliphatic rings. The molecule has 0 spiro atoms. The number of hydrogen-bond donors (Lipinski definition) is 3. The Labute approximate surface area is 60.1 Å². The molecule has 0 unspecified atom stereocenters. The summed E-state index contributed by atoms with van der Waals surface area (Å²) < 4.78 is 0. The van der Waals surface area contributed by atoms with Gasteiger partial charge in [0.1, 0.15) is 5.82 Å². The Balaban J connectivity index is 2.30. The lowest BCUT2D eigenvalue weighted by atomic mass is 10.6. The fraction of sp³-hybridized carbons (Fsp3) is 0.333. The molecule has 3 heteroatoms. The SMILES string of the molecule is SCCNc1ccc[nH]1. The lowest BCUT2D eigenvalue weighted by molar-refractivity contribution is 1.20. The Bertz CT molecular complexity index is 148. The lowest BCUT2D eigenvalue weighted by Gasteiger charge is -1.97. The third-order valence-corrected chi connectivity index (χ3v) is 1.25. The van der Waals surface area contributed by atoms with Crippen LogP contribution in [0.4, 0.5) is 5.82 Å².